The number of aliphatic hydroxyl groups is 1. The summed E-state index contributed by atoms with van der Waals surface area (Å²) in [6.45, 7) is 0. The molecule has 0 aliphatic heterocycles. The van der Waals surface area contributed by atoms with Gasteiger partial charge >= 0.3 is 0 Å². The van der Waals surface area contributed by atoms with E-state index in [1.165, 1.54) is 0 Å². The Hall–Kier alpha value is -0.990. The summed E-state index contributed by atoms with van der Waals surface area (Å²) in [5.41, 5.74) is 2.88. The molecule has 3 N–H and O–H groups in total. The zero-order valence-electron chi connectivity index (χ0n) is 11.6. The van der Waals surface area contributed by atoms with Crippen molar-refractivity contribution in [2.75, 3.05) is 12.0 Å². The topological polar surface area (TPSA) is 87.8 Å². The molecule has 2 unspecified atom stereocenters. The summed E-state index contributed by atoms with van der Waals surface area (Å²) in [4.78, 5) is 3.20. The molecule has 0 saturated heterocycles. The van der Waals surface area contributed by atoms with E-state index >= 15 is 0 Å². The molecule has 5 nitrogen and oxygen atoms in total. The Bertz CT molecular complexity index is 804. The van der Waals surface area contributed by atoms with Gasteiger partial charge in [0.1, 0.15) is 11.9 Å². The van der Waals surface area contributed by atoms with Crippen LogP contribution in [0.15, 0.2) is 28.9 Å². The second kappa shape index (κ2) is 6.25. The molecular formula is C14H13BrClN3O2S. The first kappa shape index (κ1) is 15.9. The quantitative estimate of drug-likeness (QED) is 0.585. The first-order valence-electron chi connectivity index (χ1n) is 6.46. The summed E-state index contributed by atoms with van der Waals surface area (Å²) in [7, 11) is 0. The van der Waals surface area contributed by atoms with Crippen LogP contribution in [0.4, 0.5) is 0 Å². The molecule has 1 aromatic carbocycles. The molecule has 0 fully saturated rings. The van der Waals surface area contributed by atoms with Gasteiger partial charge in [0.25, 0.3) is 0 Å². The average Bonchev–Trinajstić information content (AvgIpc) is 3.05. The van der Waals surface area contributed by atoms with Crippen LogP contribution in [0.1, 0.15) is 11.8 Å². The number of aromatic nitrogens is 3. The molecule has 0 aliphatic carbocycles. The van der Waals surface area contributed by atoms with Crippen LogP contribution in [0.3, 0.4) is 0 Å². The molecule has 0 amide bonds. The lowest BCUT2D eigenvalue weighted by molar-refractivity contribution is 0.198. The molecule has 0 radical (unpaired) electrons. The Morgan fingerprint density at radius 1 is 1.50 bits per heavy atom. The second-order valence-electron chi connectivity index (χ2n) is 4.94. The van der Waals surface area contributed by atoms with Crippen LogP contribution in [0.25, 0.3) is 22.2 Å². The largest absolute Gasteiger partial charge is 0.616 e. The van der Waals surface area contributed by atoms with Gasteiger partial charge in [0.15, 0.2) is 0 Å². The van der Waals surface area contributed by atoms with Crippen molar-refractivity contribution >= 4 is 49.6 Å². The van der Waals surface area contributed by atoms with Crippen LogP contribution in [0.2, 0.25) is 5.02 Å². The summed E-state index contributed by atoms with van der Waals surface area (Å²) in [5, 5.41) is 18.8. The summed E-state index contributed by atoms with van der Waals surface area (Å²) in [5.74, 6) is 0.152. The summed E-state index contributed by atoms with van der Waals surface area (Å²) < 4.78 is 12.2. The Morgan fingerprint density at radius 2 is 2.27 bits per heavy atom. The standard InChI is InChI=1S/C14H13BrClN3O2S/c1-22(21)6-12(20)14-13(10-2-3-17-19-10)7-4-9(16)8(15)5-11(7)18-14/h2-5,12,18,20H,6H2,1H3,(H,17,19). The van der Waals surface area contributed by atoms with E-state index in [2.05, 4.69) is 31.1 Å². The van der Waals surface area contributed by atoms with Crippen molar-refractivity contribution in [3.8, 4) is 11.3 Å². The molecule has 2 aromatic heterocycles. The Morgan fingerprint density at radius 3 is 2.91 bits per heavy atom. The molecule has 8 heteroatoms. The van der Waals surface area contributed by atoms with Gasteiger partial charge in [-0.05, 0) is 34.1 Å². The van der Waals surface area contributed by atoms with E-state index in [0.717, 1.165) is 20.9 Å². The third kappa shape index (κ3) is 2.91. The molecule has 3 aromatic rings. The van der Waals surface area contributed by atoms with Crippen LogP contribution in [-0.2, 0) is 11.2 Å². The molecular weight excluding hydrogens is 390 g/mol. The van der Waals surface area contributed by atoms with E-state index in [9.17, 15) is 9.66 Å². The maximum Gasteiger partial charge on any atom is 0.139 e. The number of hydrogen-bond donors (Lipinski definition) is 3. The van der Waals surface area contributed by atoms with Crippen LogP contribution in [0, 0.1) is 0 Å². The van der Waals surface area contributed by atoms with Crippen LogP contribution >= 0.6 is 27.5 Å². The summed E-state index contributed by atoms with van der Waals surface area (Å²) in [6, 6.07) is 5.49. The van der Waals surface area contributed by atoms with Crippen molar-refractivity contribution in [3.05, 3.63) is 39.6 Å². The predicted molar refractivity (Wildman–Crippen MR) is 92.5 cm³/mol. The SMILES string of the molecule is C[S+]([O-])CC(O)c1[nH]c2cc(Br)c(Cl)cc2c1-c1cc[nH]n1. The Kier molecular flexibility index (Phi) is 4.52. The van der Waals surface area contributed by atoms with E-state index in [1.54, 1.807) is 12.5 Å². The monoisotopic (exact) mass is 401 g/mol. The number of benzene rings is 1. The van der Waals surface area contributed by atoms with Crippen molar-refractivity contribution in [2.24, 2.45) is 0 Å². The third-order valence-electron chi connectivity index (χ3n) is 3.35. The first-order valence-corrected chi connectivity index (χ1v) is 9.36. The van der Waals surface area contributed by atoms with Gasteiger partial charge in [0.05, 0.1) is 22.7 Å². The molecule has 2 atom stereocenters. The maximum absolute atomic E-state index is 11.4. The third-order valence-corrected chi connectivity index (χ3v) is 5.33. The van der Waals surface area contributed by atoms with E-state index in [1.807, 2.05) is 18.2 Å². The number of nitrogens with one attached hydrogen (secondary N) is 2. The summed E-state index contributed by atoms with van der Waals surface area (Å²) >= 11 is 8.47. The Labute approximate surface area is 143 Å². The molecule has 22 heavy (non-hydrogen) atoms. The molecule has 0 saturated carbocycles. The zero-order chi connectivity index (χ0) is 15.9. The van der Waals surface area contributed by atoms with Gasteiger partial charge in [-0.15, -0.1) is 0 Å². The van der Waals surface area contributed by atoms with E-state index < -0.39 is 17.3 Å². The van der Waals surface area contributed by atoms with Crippen LogP contribution in [-0.4, -0.2) is 36.8 Å². The minimum atomic E-state index is -1.12. The fourth-order valence-electron chi connectivity index (χ4n) is 2.44. The van der Waals surface area contributed by atoms with Gasteiger partial charge in [0, 0.05) is 27.1 Å². The minimum Gasteiger partial charge on any atom is -0.616 e. The van der Waals surface area contributed by atoms with Crippen molar-refractivity contribution < 1.29 is 9.66 Å². The van der Waals surface area contributed by atoms with E-state index in [0.29, 0.717) is 16.4 Å². The van der Waals surface area contributed by atoms with Gasteiger partial charge < -0.3 is 14.6 Å². The number of fused-ring (bicyclic) bond motifs is 1. The number of aliphatic hydroxyl groups excluding tert-OH is 1. The lowest BCUT2D eigenvalue weighted by atomic mass is 10.1. The lowest BCUT2D eigenvalue weighted by Gasteiger charge is -2.12. The number of nitrogens with zero attached hydrogens (tertiary/aromatic N) is 1. The number of rotatable bonds is 4. The van der Waals surface area contributed by atoms with Gasteiger partial charge in [-0.2, -0.15) is 5.10 Å². The van der Waals surface area contributed by atoms with Crippen molar-refractivity contribution in [1.82, 2.24) is 15.2 Å². The molecule has 0 aliphatic rings. The van der Waals surface area contributed by atoms with Crippen molar-refractivity contribution in [3.63, 3.8) is 0 Å². The van der Waals surface area contributed by atoms with Gasteiger partial charge in [-0.1, -0.05) is 22.8 Å². The normalized spacial score (nSPS) is 14.4. The zero-order valence-corrected chi connectivity index (χ0v) is 14.7. The van der Waals surface area contributed by atoms with E-state index in [-0.39, 0.29) is 5.75 Å². The van der Waals surface area contributed by atoms with Gasteiger partial charge in [-0.3, -0.25) is 5.10 Å². The van der Waals surface area contributed by atoms with Gasteiger partial charge in [0.2, 0.25) is 0 Å². The molecule has 0 spiro atoms. The van der Waals surface area contributed by atoms with Crippen LogP contribution < -0.4 is 0 Å². The maximum atomic E-state index is 11.4. The highest BCUT2D eigenvalue weighted by molar-refractivity contribution is 9.10. The molecule has 116 valence electrons. The highest BCUT2D eigenvalue weighted by atomic mass is 79.9. The highest BCUT2D eigenvalue weighted by Gasteiger charge is 2.24. The Balaban J connectivity index is 2.24. The molecule has 2 heterocycles. The van der Waals surface area contributed by atoms with Crippen molar-refractivity contribution in [2.45, 2.75) is 6.10 Å². The number of hydrogen-bond acceptors (Lipinski definition) is 3. The van der Waals surface area contributed by atoms with E-state index in [4.69, 9.17) is 11.6 Å². The predicted octanol–water partition coefficient (Wildman–Crippen LogP) is 3.39. The van der Waals surface area contributed by atoms with Crippen LogP contribution in [0.5, 0.6) is 0 Å². The summed E-state index contributed by atoms with van der Waals surface area (Å²) in [6.07, 6.45) is 2.40. The number of halogens is 2. The first-order chi connectivity index (χ1) is 10.5. The second-order valence-corrected chi connectivity index (χ2v) is 7.68. The van der Waals surface area contributed by atoms with Crippen molar-refractivity contribution in [1.29, 1.82) is 0 Å². The number of aromatic amines is 2. The number of H-pyrrole nitrogens is 2. The van der Waals surface area contributed by atoms with Gasteiger partial charge in [-0.25, -0.2) is 0 Å². The smallest absolute Gasteiger partial charge is 0.139 e. The minimum absolute atomic E-state index is 0.152. The lowest BCUT2D eigenvalue weighted by Crippen LogP contribution is -2.13. The fraction of sp³-hybridized carbons (Fsp3) is 0.214. The average molecular weight is 403 g/mol. The molecule has 0 bridgehead atoms. The fourth-order valence-corrected chi connectivity index (χ4v) is 3.56. The molecule has 3 rings (SSSR count). The highest BCUT2D eigenvalue weighted by Crippen LogP contribution is 2.38.